The van der Waals surface area contributed by atoms with Gasteiger partial charge in [-0.2, -0.15) is 0 Å². The van der Waals surface area contributed by atoms with Crippen molar-refractivity contribution in [2.75, 3.05) is 4.90 Å². The molecule has 1 spiro atoms. The highest BCUT2D eigenvalue weighted by molar-refractivity contribution is 9.10. The minimum absolute atomic E-state index is 0.109. The van der Waals surface area contributed by atoms with Gasteiger partial charge in [0.15, 0.2) is 17.3 Å². The van der Waals surface area contributed by atoms with Crippen LogP contribution in [0.15, 0.2) is 94.8 Å². The second kappa shape index (κ2) is 8.60. The summed E-state index contributed by atoms with van der Waals surface area (Å²) in [7, 11) is 0. The molecule has 3 atom stereocenters. The molecule has 0 amide bonds. The number of carbonyl (C=O) groups excluding carboxylic acids is 3. The molecule has 4 nitrogen and oxygen atoms in total. The fourth-order valence-corrected chi connectivity index (χ4v) is 7.70. The van der Waals surface area contributed by atoms with Gasteiger partial charge in [-0.1, -0.05) is 82.1 Å². The number of fused-ring (bicyclic) bond motifs is 5. The standard InChI is InChI=1S/C31H19BrClNO3S/c32-19-10-7-17(8-11-19)26-27(28(35)24-6-3-15-38-24)34-23-13-12-20(33)16-18(23)9-14-25(34)31(26)29(36)21-4-1-2-5-22(21)30(31)37/h1-16,25-27H. The van der Waals surface area contributed by atoms with Crippen LogP contribution in [-0.2, 0) is 0 Å². The molecule has 2 aliphatic heterocycles. The Morgan fingerprint density at radius 3 is 2.29 bits per heavy atom. The van der Waals surface area contributed by atoms with Crippen LogP contribution in [0.4, 0.5) is 5.69 Å². The van der Waals surface area contributed by atoms with Crippen LogP contribution in [0.3, 0.4) is 0 Å². The maximum Gasteiger partial charge on any atom is 0.195 e. The Morgan fingerprint density at radius 1 is 0.921 bits per heavy atom. The molecule has 0 saturated carbocycles. The maximum atomic E-state index is 14.5. The molecule has 1 aliphatic carbocycles. The number of halogens is 2. The molecule has 0 bridgehead atoms. The van der Waals surface area contributed by atoms with Crippen LogP contribution in [0.5, 0.6) is 0 Å². The van der Waals surface area contributed by atoms with Crippen LogP contribution in [-0.4, -0.2) is 29.4 Å². The molecule has 0 N–H and O–H groups in total. The van der Waals surface area contributed by atoms with E-state index >= 15 is 0 Å². The fraction of sp³-hybridized carbons (Fsp3) is 0.129. The second-order valence-corrected chi connectivity index (χ2v) is 12.1. The van der Waals surface area contributed by atoms with E-state index in [1.54, 1.807) is 36.4 Å². The summed E-state index contributed by atoms with van der Waals surface area (Å²) in [6.45, 7) is 0. The summed E-state index contributed by atoms with van der Waals surface area (Å²) in [5, 5.41) is 2.45. The SMILES string of the molecule is O=C(c1cccs1)C1C(c2ccc(Br)cc2)C2(C(=O)c3ccccc3C2=O)C2C=Cc3cc(Cl)ccc3N12. The molecule has 3 heterocycles. The summed E-state index contributed by atoms with van der Waals surface area (Å²) in [5.74, 6) is -1.29. The predicted molar refractivity (Wildman–Crippen MR) is 154 cm³/mol. The van der Waals surface area contributed by atoms with Gasteiger partial charge in [0.2, 0.25) is 0 Å². The van der Waals surface area contributed by atoms with Crippen molar-refractivity contribution in [1.82, 2.24) is 0 Å². The number of hydrogen-bond acceptors (Lipinski definition) is 5. The third kappa shape index (κ3) is 3.11. The Bertz CT molecular complexity index is 1640. The van der Waals surface area contributed by atoms with E-state index in [-0.39, 0.29) is 17.3 Å². The van der Waals surface area contributed by atoms with Crippen molar-refractivity contribution in [3.8, 4) is 0 Å². The highest BCUT2D eigenvalue weighted by Gasteiger charge is 2.71. The van der Waals surface area contributed by atoms with Gasteiger partial charge in [-0.05, 0) is 52.9 Å². The Balaban J connectivity index is 1.56. The number of hydrogen-bond donors (Lipinski definition) is 0. The third-order valence-corrected chi connectivity index (χ3v) is 9.68. The van der Waals surface area contributed by atoms with Gasteiger partial charge in [-0.3, -0.25) is 14.4 Å². The fourth-order valence-electron chi connectivity index (χ4n) is 6.56. The van der Waals surface area contributed by atoms with Crippen molar-refractivity contribution in [2.24, 2.45) is 5.41 Å². The summed E-state index contributed by atoms with van der Waals surface area (Å²) in [6.07, 6.45) is 3.83. The van der Waals surface area contributed by atoms with Gasteiger partial charge in [0.05, 0.1) is 10.9 Å². The molecule has 3 unspecified atom stereocenters. The Labute approximate surface area is 236 Å². The number of carbonyl (C=O) groups is 3. The highest BCUT2D eigenvalue weighted by atomic mass is 79.9. The Morgan fingerprint density at radius 2 is 1.63 bits per heavy atom. The van der Waals surface area contributed by atoms with Crippen molar-refractivity contribution >= 4 is 68.0 Å². The summed E-state index contributed by atoms with van der Waals surface area (Å²) in [4.78, 5) is 46.1. The van der Waals surface area contributed by atoms with E-state index in [1.807, 2.05) is 64.9 Å². The van der Waals surface area contributed by atoms with Crippen molar-refractivity contribution in [2.45, 2.75) is 18.0 Å². The van der Waals surface area contributed by atoms with Crippen LogP contribution in [0.2, 0.25) is 5.02 Å². The number of rotatable bonds is 3. The topological polar surface area (TPSA) is 54.5 Å². The van der Waals surface area contributed by atoms with Crippen molar-refractivity contribution < 1.29 is 14.4 Å². The molecule has 38 heavy (non-hydrogen) atoms. The lowest BCUT2D eigenvalue weighted by molar-refractivity contribution is 0.0666. The first kappa shape index (κ1) is 23.8. The molecule has 3 aliphatic rings. The molecule has 7 heteroatoms. The zero-order chi connectivity index (χ0) is 26.2. The minimum Gasteiger partial charge on any atom is -0.352 e. The first-order chi connectivity index (χ1) is 18.4. The first-order valence-electron chi connectivity index (χ1n) is 12.2. The van der Waals surface area contributed by atoms with Gasteiger partial charge in [0.25, 0.3) is 0 Å². The molecular weight excluding hydrogens is 582 g/mol. The van der Waals surface area contributed by atoms with Crippen molar-refractivity contribution in [3.63, 3.8) is 0 Å². The second-order valence-electron chi connectivity index (χ2n) is 9.80. The van der Waals surface area contributed by atoms with E-state index in [1.165, 1.54) is 11.3 Å². The molecule has 3 aromatic carbocycles. The number of anilines is 1. The Kier molecular flexibility index (Phi) is 5.38. The lowest BCUT2D eigenvalue weighted by Gasteiger charge is -2.37. The molecule has 0 radical (unpaired) electrons. The quantitative estimate of drug-likeness (QED) is 0.181. The van der Waals surface area contributed by atoms with Crippen LogP contribution in [0.25, 0.3) is 6.08 Å². The van der Waals surface area contributed by atoms with E-state index in [2.05, 4.69) is 15.9 Å². The van der Waals surface area contributed by atoms with E-state index < -0.39 is 23.4 Å². The summed E-state index contributed by atoms with van der Waals surface area (Å²) >= 11 is 11.2. The van der Waals surface area contributed by atoms with Gasteiger partial charge in [0, 0.05) is 32.2 Å². The number of benzene rings is 3. The van der Waals surface area contributed by atoms with Crippen LogP contribution in [0.1, 0.15) is 47.4 Å². The molecule has 1 aromatic heterocycles. The van der Waals surface area contributed by atoms with Crippen molar-refractivity contribution in [3.05, 3.63) is 127 Å². The minimum atomic E-state index is -1.50. The number of nitrogens with zero attached hydrogens (tertiary/aromatic N) is 1. The first-order valence-corrected chi connectivity index (χ1v) is 14.3. The molecule has 4 aromatic rings. The number of Topliss-reactive ketones (excluding diaryl/α,β-unsaturated/α-hetero) is 3. The molecule has 7 rings (SSSR count). The average Bonchev–Trinajstić information content (AvgIpc) is 3.62. The molecule has 1 saturated heterocycles. The van der Waals surface area contributed by atoms with E-state index in [0.717, 1.165) is 21.3 Å². The molecule has 1 fully saturated rings. The van der Waals surface area contributed by atoms with Gasteiger partial charge in [-0.25, -0.2) is 0 Å². The summed E-state index contributed by atoms with van der Waals surface area (Å²) in [5.41, 5.74) is 1.74. The van der Waals surface area contributed by atoms with Crippen LogP contribution in [0, 0.1) is 5.41 Å². The van der Waals surface area contributed by atoms with Gasteiger partial charge in [-0.15, -0.1) is 11.3 Å². The normalized spacial score (nSPS) is 22.5. The van der Waals surface area contributed by atoms with Crippen LogP contribution < -0.4 is 4.90 Å². The zero-order valence-electron chi connectivity index (χ0n) is 19.8. The molecular formula is C31H19BrClNO3S. The largest absolute Gasteiger partial charge is 0.352 e. The summed E-state index contributed by atoms with van der Waals surface area (Å²) < 4.78 is 0.874. The average molecular weight is 601 g/mol. The van der Waals surface area contributed by atoms with Crippen LogP contribution >= 0.6 is 38.9 Å². The highest BCUT2D eigenvalue weighted by Crippen LogP contribution is 2.61. The van der Waals surface area contributed by atoms with Gasteiger partial charge >= 0.3 is 0 Å². The lowest BCUT2D eigenvalue weighted by Crippen LogP contribution is -2.48. The number of ketones is 3. The summed E-state index contributed by atoms with van der Waals surface area (Å²) in [6, 6.07) is 22.4. The monoisotopic (exact) mass is 599 g/mol. The Hall–Kier alpha value is -3.32. The number of thiophene rings is 1. The van der Waals surface area contributed by atoms with Gasteiger partial charge in [0.1, 0.15) is 11.5 Å². The maximum absolute atomic E-state index is 14.5. The van der Waals surface area contributed by atoms with E-state index in [9.17, 15) is 14.4 Å². The van der Waals surface area contributed by atoms with Crippen molar-refractivity contribution in [1.29, 1.82) is 0 Å². The van der Waals surface area contributed by atoms with Gasteiger partial charge < -0.3 is 4.90 Å². The lowest BCUT2D eigenvalue weighted by atomic mass is 9.64. The predicted octanol–water partition coefficient (Wildman–Crippen LogP) is 7.48. The zero-order valence-corrected chi connectivity index (χ0v) is 23.0. The van der Waals surface area contributed by atoms with E-state index in [0.29, 0.717) is 21.0 Å². The smallest absolute Gasteiger partial charge is 0.195 e. The molecule has 186 valence electrons. The van der Waals surface area contributed by atoms with E-state index in [4.69, 9.17) is 11.6 Å². The third-order valence-electron chi connectivity index (χ3n) is 8.03.